The van der Waals surface area contributed by atoms with E-state index in [1.807, 2.05) is 0 Å². The number of sulfone groups is 1. The van der Waals surface area contributed by atoms with E-state index in [1.54, 1.807) is 12.1 Å². The lowest BCUT2D eigenvalue weighted by Crippen LogP contribution is -2.33. The second-order valence-corrected chi connectivity index (χ2v) is 7.43. The Morgan fingerprint density at radius 1 is 1.25 bits per heavy atom. The van der Waals surface area contributed by atoms with Crippen LogP contribution >= 0.6 is 0 Å². The summed E-state index contributed by atoms with van der Waals surface area (Å²) >= 11 is 0. The molecule has 2 heterocycles. The van der Waals surface area contributed by atoms with Crippen LogP contribution in [0.4, 0.5) is 5.69 Å². The van der Waals surface area contributed by atoms with Crippen LogP contribution in [0.1, 0.15) is 26.3 Å². The van der Waals surface area contributed by atoms with E-state index in [0.29, 0.717) is 29.8 Å². The van der Waals surface area contributed by atoms with Gasteiger partial charge in [-0.15, -0.1) is 0 Å². The second kappa shape index (κ2) is 6.04. The van der Waals surface area contributed by atoms with Crippen molar-refractivity contribution in [3.05, 3.63) is 53.3 Å². The van der Waals surface area contributed by atoms with Gasteiger partial charge in [-0.1, -0.05) is 12.1 Å². The van der Waals surface area contributed by atoms with Crippen LogP contribution in [0, 0.1) is 0 Å². The minimum absolute atomic E-state index is 0.0435. The molecule has 2 N–H and O–H groups in total. The number of carbonyl (C=O) groups is 2. The molecule has 2 aromatic rings. The fraction of sp³-hybridized carbons (Fsp3) is 0.188. The summed E-state index contributed by atoms with van der Waals surface area (Å²) in [5.74, 6) is -0.798. The third kappa shape index (κ3) is 3.00. The largest absolute Gasteiger partial charge is 0.352 e. The molecule has 0 bridgehead atoms. The lowest BCUT2D eigenvalue weighted by Gasteiger charge is -2.19. The number of hydrogen-bond donors (Lipinski definition) is 2. The standard InChI is InChI=1S/C16H15N3O4S/c1-24(22,23)14-5-3-2-4-11(14)16(21)19-13-9-17-8-12-10(13)6-7-18-15(12)20/h2-5,8-9H,6-7H2,1H3,(H,18,20)(H,19,21). The zero-order valence-electron chi connectivity index (χ0n) is 12.9. The third-order valence-corrected chi connectivity index (χ3v) is 4.90. The molecule has 2 amide bonds. The minimum atomic E-state index is -3.54. The molecule has 7 nitrogen and oxygen atoms in total. The van der Waals surface area contributed by atoms with Gasteiger partial charge in [0.2, 0.25) is 0 Å². The molecule has 0 fully saturated rings. The van der Waals surface area contributed by atoms with Crippen molar-refractivity contribution in [2.24, 2.45) is 0 Å². The highest BCUT2D eigenvalue weighted by molar-refractivity contribution is 7.90. The lowest BCUT2D eigenvalue weighted by molar-refractivity contribution is 0.0944. The van der Waals surface area contributed by atoms with Crippen molar-refractivity contribution in [3.63, 3.8) is 0 Å². The molecule has 0 aliphatic carbocycles. The zero-order valence-corrected chi connectivity index (χ0v) is 13.7. The van der Waals surface area contributed by atoms with E-state index in [-0.39, 0.29) is 16.4 Å². The summed E-state index contributed by atoms with van der Waals surface area (Å²) in [6, 6.07) is 5.98. The van der Waals surface area contributed by atoms with Gasteiger partial charge in [0.15, 0.2) is 9.84 Å². The second-order valence-electron chi connectivity index (χ2n) is 5.44. The molecule has 1 aliphatic rings. The highest BCUT2D eigenvalue weighted by atomic mass is 32.2. The number of fused-ring (bicyclic) bond motifs is 1. The molecule has 8 heteroatoms. The zero-order chi connectivity index (χ0) is 17.3. The van der Waals surface area contributed by atoms with Gasteiger partial charge in [0.1, 0.15) is 0 Å². The molecule has 1 aliphatic heterocycles. The molecule has 0 saturated carbocycles. The first-order chi connectivity index (χ1) is 11.4. The SMILES string of the molecule is CS(=O)(=O)c1ccccc1C(=O)Nc1cncc2c1CCNC2=O. The molecule has 0 atom stereocenters. The summed E-state index contributed by atoms with van der Waals surface area (Å²) in [6.45, 7) is 0.471. The number of nitrogens with zero attached hydrogens (tertiary/aromatic N) is 1. The number of aromatic nitrogens is 1. The van der Waals surface area contributed by atoms with Gasteiger partial charge < -0.3 is 10.6 Å². The Kier molecular flexibility index (Phi) is 4.06. The van der Waals surface area contributed by atoms with E-state index in [4.69, 9.17) is 0 Å². The first-order valence-electron chi connectivity index (χ1n) is 7.23. The van der Waals surface area contributed by atoms with Gasteiger partial charge >= 0.3 is 0 Å². The van der Waals surface area contributed by atoms with Gasteiger partial charge in [-0.2, -0.15) is 0 Å². The number of amides is 2. The monoisotopic (exact) mass is 345 g/mol. The van der Waals surface area contributed by atoms with Crippen molar-refractivity contribution < 1.29 is 18.0 Å². The smallest absolute Gasteiger partial charge is 0.257 e. The van der Waals surface area contributed by atoms with Crippen LogP contribution in [-0.2, 0) is 16.3 Å². The van der Waals surface area contributed by atoms with Crippen LogP contribution in [0.15, 0.2) is 41.6 Å². The average molecular weight is 345 g/mol. The number of rotatable bonds is 3. The molecule has 0 unspecified atom stereocenters. The quantitative estimate of drug-likeness (QED) is 0.864. The highest BCUT2D eigenvalue weighted by Crippen LogP contribution is 2.23. The van der Waals surface area contributed by atoms with Gasteiger partial charge in [0.25, 0.3) is 11.8 Å². The predicted octanol–water partition coefficient (Wildman–Crippen LogP) is 1.02. The van der Waals surface area contributed by atoms with Crippen molar-refractivity contribution in [1.82, 2.24) is 10.3 Å². The molecule has 0 spiro atoms. The van der Waals surface area contributed by atoms with Crippen molar-refractivity contribution in [3.8, 4) is 0 Å². The van der Waals surface area contributed by atoms with Crippen LogP contribution in [0.3, 0.4) is 0 Å². The van der Waals surface area contributed by atoms with E-state index in [1.165, 1.54) is 24.5 Å². The first kappa shape index (κ1) is 16.1. The maximum Gasteiger partial charge on any atom is 0.257 e. The van der Waals surface area contributed by atoms with Crippen molar-refractivity contribution in [1.29, 1.82) is 0 Å². The average Bonchev–Trinajstić information content (AvgIpc) is 2.55. The molecular formula is C16H15N3O4S. The Morgan fingerprint density at radius 2 is 2.00 bits per heavy atom. The molecule has 1 aromatic heterocycles. The molecule has 124 valence electrons. The number of carbonyl (C=O) groups excluding carboxylic acids is 2. The molecule has 1 aromatic carbocycles. The minimum Gasteiger partial charge on any atom is -0.352 e. The van der Waals surface area contributed by atoms with E-state index in [2.05, 4.69) is 15.6 Å². The van der Waals surface area contributed by atoms with Gasteiger partial charge in [0, 0.05) is 19.0 Å². The van der Waals surface area contributed by atoms with Gasteiger partial charge in [-0.05, 0) is 24.1 Å². The molecule has 0 radical (unpaired) electrons. The number of nitrogens with one attached hydrogen (secondary N) is 2. The fourth-order valence-electron chi connectivity index (χ4n) is 2.62. The molecule has 3 rings (SSSR count). The first-order valence-corrected chi connectivity index (χ1v) is 9.12. The highest BCUT2D eigenvalue weighted by Gasteiger charge is 2.23. The summed E-state index contributed by atoms with van der Waals surface area (Å²) in [7, 11) is -3.54. The van der Waals surface area contributed by atoms with Gasteiger partial charge in [-0.3, -0.25) is 14.6 Å². The number of hydrogen-bond acceptors (Lipinski definition) is 5. The predicted molar refractivity (Wildman–Crippen MR) is 87.8 cm³/mol. The molecule has 0 saturated heterocycles. The maximum atomic E-state index is 12.5. The van der Waals surface area contributed by atoms with E-state index >= 15 is 0 Å². The van der Waals surface area contributed by atoms with Crippen LogP contribution in [0.2, 0.25) is 0 Å². The normalized spacial score (nSPS) is 13.8. The number of benzene rings is 1. The van der Waals surface area contributed by atoms with E-state index in [0.717, 1.165) is 6.26 Å². The lowest BCUT2D eigenvalue weighted by atomic mass is 10.0. The van der Waals surface area contributed by atoms with Crippen molar-refractivity contribution in [2.45, 2.75) is 11.3 Å². The van der Waals surface area contributed by atoms with Gasteiger partial charge in [-0.25, -0.2) is 8.42 Å². The summed E-state index contributed by atoms with van der Waals surface area (Å²) < 4.78 is 23.7. The fourth-order valence-corrected chi connectivity index (χ4v) is 3.51. The van der Waals surface area contributed by atoms with Crippen LogP contribution in [-0.4, -0.2) is 38.0 Å². The summed E-state index contributed by atoms with van der Waals surface area (Å²) in [4.78, 5) is 28.3. The van der Waals surface area contributed by atoms with E-state index in [9.17, 15) is 18.0 Å². The number of pyridine rings is 1. The van der Waals surface area contributed by atoms with Crippen molar-refractivity contribution in [2.75, 3.05) is 18.1 Å². The van der Waals surface area contributed by atoms with Crippen LogP contribution in [0.5, 0.6) is 0 Å². The summed E-state index contributed by atoms with van der Waals surface area (Å²) in [5, 5.41) is 5.38. The summed E-state index contributed by atoms with van der Waals surface area (Å²) in [6.07, 6.45) is 4.52. The Labute approximate surface area is 139 Å². The molecular weight excluding hydrogens is 330 g/mol. The summed E-state index contributed by atoms with van der Waals surface area (Å²) in [5.41, 5.74) is 1.57. The Hall–Kier alpha value is -2.74. The van der Waals surface area contributed by atoms with Crippen LogP contribution in [0.25, 0.3) is 0 Å². The number of anilines is 1. The Balaban J connectivity index is 1.98. The topological polar surface area (TPSA) is 105 Å². The molecule has 24 heavy (non-hydrogen) atoms. The Morgan fingerprint density at radius 3 is 2.75 bits per heavy atom. The van der Waals surface area contributed by atoms with Gasteiger partial charge in [0.05, 0.1) is 27.9 Å². The maximum absolute atomic E-state index is 12.5. The van der Waals surface area contributed by atoms with E-state index < -0.39 is 15.7 Å². The van der Waals surface area contributed by atoms with Crippen molar-refractivity contribution >= 4 is 27.3 Å². The van der Waals surface area contributed by atoms with Crippen LogP contribution < -0.4 is 10.6 Å². The third-order valence-electron chi connectivity index (χ3n) is 3.74. The Bertz CT molecular complexity index is 938.